The van der Waals surface area contributed by atoms with Gasteiger partial charge in [0.1, 0.15) is 6.33 Å². The first kappa shape index (κ1) is 29.2. The second-order valence-electron chi connectivity index (χ2n) is 9.10. The van der Waals surface area contributed by atoms with E-state index in [2.05, 4.69) is 54.8 Å². The van der Waals surface area contributed by atoms with Crippen LogP contribution >= 0.6 is 11.6 Å². The van der Waals surface area contributed by atoms with Crippen molar-refractivity contribution >= 4 is 22.9 Å². The molecule has 35 heavy (non-hydrogen) atoms. The molecule has 1 aromatic heterocycles. The van der Waals surface area contributed by atoms with E-state index in [1.54, 1.807) is 12.5 Å². The number of benzene rings is 1. The number of likely N-dealkylation sites (N-methyl/N-ethyl adjacent to an activating group) is 1. The lowest BCUT2D eigenvalue weighted by molar-refractivity contribution is 0.142. The molecule has 0 amide bonds. The normalized spacial score (nSPS) is 20.1. The Labute approximate surface area is 217 Å². The highest BCUT2D eigenvalue weighted by Crippen LogP contribution is 2.36. The van der Waals surface area contributed by atoms with Gasteiger partial charge in [-0.05, 0) is 77.1 Å². The molecule has 1 fully saturated rings. The van der Waals surface area contributed by atoms with Crippen LogP contribution in [0.2, 0.25) is 5.02 Å². The zero-order valence-electron chi connectivity index (χ0n) is 22.3. The van der Waals surface area contributed by atoms with Crippen LogP contribution in [0.3, 0.4) is 0 Å². The lowest BCUT2D eigenvalue weighted by Crippen LogP contribution is -2.37. The number of aliphatic imine (C=N–C) groups is 1. The zero-order valence-corrected chi connectivity index (χ0v) is 23.1. The molecule has 192 valence electrons. The first-order chi connectivity index (χ1) is 16.9. The average molecular weight is 499 g/mol. The molecule has 0 radical (unpaired) electrons. The predicted octanol–water partition coefficient (Wildman–Crippen LogP) is 6.70. The predicted molar refractivity (Wildman–Crippen MR) is 149 cm³/mol. The van der Waals surface area contributed by atoms with Gasteiger partial charge in [-0.3, -0.25) is 4.99 Å². The van der Waals surface area contributed by atoms with Crippen molar-refractivity contribution < 1.29 is 5.11 Å². The SMILES string of the molecule is CC.CCC(C)N=C(/C(=C(\C)C1CCC(N(C)CCO)CC1)c1ccncn1)c1ccc(Cl)cc1. The number of nitrogens with zero attached hydrogens (tertiary/aromatic N) is 4. The van der Waals surface area contributed by atoms with Crippen LogP contribution in [0.1, 0.15) is 78.0 Å². The highest BCUT2D eigenvalue weighted by molar-refractivity contribution is 6.33. The van der Waals surface area contributed by atoms with Crippen LogP contribution in [0.4, 0.5) is 0 Å². The molecule has 1 aliphatic carbocycles. The van der Waals surface area contributed by atoms with Gasteiger partial charge in [0, 0.05) is 41.0 Å². The van der Waals surface area contributed by atoms with Gasteiger partial charge in [-0.2, -0.15) is 0 Å². The number of aliphatic hydroxyl groups is 1. The third-order valence-electron chi connectivity index (χ3n) is 6.91. The number of halogens is 1. The van der Waals surface area contributed by atoms with Crippen LogP contribution in [-0.4, -0.2) is 58.0 Å². The third kappa shape index (κ3) is 8.23. The summed E-state index contributed by atoms with van der Waals surface area (Å²) >= 11 is 6.20. The summed E-state index contributed by atoms with van der Waals surface area (Å²) in [7, 11) is 2.12. The Bertz CT molecular complexity index is 935. The van der Waals surface area contributed by atoms with E-state index in [9.17, 15) is 5.11 Å². The summed E-state index contributed by atoms with van der Waals surface area (Å²) in [6, 6.07) is 10.7. The molecule has 1 heterocycles. The van der Waals surface area contributed by atoms with Gasteiger partial charge in [-0.25, -0.2) is 9.97 Å². The maximum Gasteiger partial charge on any atom is 0.116 e. The molecule has 1 aromatic carbocycles. The topological polar surface area (TPSA) is 61.6 Å². The van der Waals surface area contributed by atoms with Crippen molar-refractivity contribution in [3.63, 3.8) is 0 Å². The molecule has 6 heteroatoms. The molecule has 1 atom stereocenters. The van der Waals surface area contributed by atoms with E-state index in [1.807, 2.05) is 32.0 Å². The largest absolute Gasteiger partial charge is 0.395 e. The highest BCUT2D eigenvalue weighted by Gasteiger charge is 2.28. The van der Waals surface area contributed by atoms with Crippen molar-refractivity contribution in [2.24, 2.45) is 10.9 Å². The van der Waals surface area contributed by atoms with Gasteiger partial charge in [0.15, 0.2) is 0 Å². The number of rotatable bonds is 9. The van der Waals surface area contributed by atoms with E-state index in [4.69, 9.17) is 16.6 Å². The van der Waals surface area contributed by atoms with Gasteiger partial charge in [-0.1, -0.05) is 50.1 Å². The van der Waals surface area contributed by atoms with E-state index >= 15 is 0 Å². The van der Waals surface area contributed by atoms with E-state index in [0.717, 1.165) is 66.2 Å². The summed E-state index contributed by atoms with van der Waals surface area (Å²) in [6.45, 7) is 11.5. The van der Waals surface area contributed by atoms with Crippen LogP contribution in [0.25, 0.3) is 5.57 Å². The lowest BCUT2D eigenvalue weighted by Gasteiger charge is -2.35. The summed E-state index contributed by atoms with van der Waals surface area (Å²) in [4.78, 5) is 16.3. The minimum absolute atomic E-state index is 0.197. The second-order valence-corrected chi connectivity index (χ2v) is 9.54. The van der Waals surface area contributed by atoms with Gasteiger partial charge < -0.3 is 10.0 Å². The molecule has 2 aromatic rings. The minimum atomic E-state index is 0.197. The average Bonchev–Trinajstić information content (AvgIpc) is 2.90. The number of hydrogen-bond acceptors (Lipinski definition) is 5. The lowest BCUT2D eigenvalue weighted by atomic mass is 9.78. The highest BCUT2D eigenvalue weighted by atomic mass is 35.5. The number of allylic oxidation sites excluding steroid dienone is 2. The Balaban J connectivity index is 0.00000210. The molecule has 0 bridgehead atoms. The van der Waals surface area contributed by atoms with Gasteiger partial charge in [0.2, 0.25) is 0 Å². The molecular formula is C29H43ClN4O. The summed E-state index contributed by atoms with van der Waals surface area (Å²) in [5.74, 6) is 0.475. The first-order valence-corrected chi connectivity index (χ1v) is 13.4. The first-order valence-electron chi connectivity index (χ1n) is 13.1. The van der Waals surface area contributed by atoms with E-state index in [0.29, 0.717) is 12.0 Å². The van der Waals surface area contributed by atoms with Gasteiger partial charge in [0.25, 0.3) is 0 Å². The molecule has 1 unspecified atom stereocenters. The molecule has 1 saturated carbocycles. The number of aromatic nitrogens is 2. The summed E-state index contributed by atoms with van der Waals surface area (Å²) in [5, 5.41) is 10.0. The third-order valence-corrected chi connectivity index (χ3v) is 7.16. The smallest absolute Gasteiger partial charge is 0.116 e. The Hall–Kier alpha value is -2.08. The van der Waals surface area contributed by atoms with Crippen LogP contribution < -0.4 is 0 Å². The van der Waals surface area contributed by atoms with E-state index in [1.165, 1.54) is 5.57 Å². The maximum atomic E-state index is 9.30. The Morgan fingerprint density at radius 2 is 1.80 bits per heavy atom. The molecule has 0 saturated heterocycles. The van der Waals surface area contributed by atoms with Crippen LogP contribution in [-0.2, 0) is 0 Å². The van der Waals surface area contributed by atoms with E-state index < -0.39 is 0 Å². The molecular weight excluding hydrogens is 456 g/mol. The zero-order chi connectivity index (χ0) is 25.8. The fourth-order valence-corrected chi connectivity index (χ4v) is 4.77. The van der Waals surface area contributed by atoms with E-state index in [-0.39, 0.29) is 12.6 Å². The minimum Gasteiger partial charge on any atom is -0.395 e. The second kappa shape index (κ2) is 15.1. The summed E-state index contributed by atoms with van der Waals surface area (Å²) in [5.41, 5.74) is 5.42. The molecule has 0 aliphatic heterocycles. The van der Waals surface area contributed by atoms with Crippen LogP contribution in [0, 0.1) is 5.92 Å². The summed E-state index contributed by atoms with van der Waals surface area (Å²) < 4.78 is 0. The van der Waals surface area contributed by atoms with Crippen molar-refractivity contribution in [3.05, 3.63) is 64.7 Å². The van der Waals surface area contributed by atoms with Crippen molar-refractivity contribution in [2.75, 3.05) is 20.2 Å². The molecule has 0 spiro atoms. The molecule has 1 aliphatic rings. The quantitative estimate of drug-likeness (QED) is 0.390. The molecule has 3 rings (SSSR count). The van der Waals surface area contributed by atoms with Crippen molar-refractivity contribution in [1.29, 1.82) is 0 Å². The summed E-state index contributed by atoms with van der Waals surface area (Å²) in [6.07, 6.45) is 8.90. The Kier molecular flexibility index (Phi) is 12.6. The van der Waals surface area contributed by atoms with Crippen molar-refractivity contribution in [2.45, 2.75) is 78.8 Å². The van der Waals surface area contributed by atoms with Crippen LogP contribution in [0.5, 0.6) is 0 Å². The van der Waals surface area contributed by atoms with Gasteiger partial charge >= 0.3 is 0 Å². The van der Waals surface area contributed by atoms with Crippen LogP contribution in [0.15, 0.2) is 53.4 Å². The van der Waals surface area contributed by atoms with Gasteiger partial charge in [-0.15, -0.1) is 0 Å². The fraction of sp³-hybridized carbons (Fsp3) is 0.552. The maximum absolute atomic E-state index is 9.30. The van der Waals surface area contributed by atoms with Gasteiger partial charge in [0.05, 0.1) is 18.0 Å². The fourth-order valence-electron chi connectivity index (χ4n) is 4.65. The molecule has 5 nitrogen and oxygen atoms in total. The Morgan fingerprint density at radius 3 is 2.34 bits per heavy atom. The monoisotopic (exact) mass is 498 g/mol. The van der Waals surface area contributed by atoms with Crippen molar-refractivity contribution in [1.82, 2.24) is 14.9 Å². The standard InChI is InChI=1S/C27H37ClN4O.C2H6/c1-5-19(2)31-27(22-6-10-23(28)11-7-22)26(25-14-15-29-18-30-25)20(3)21-8-12-24(13-9-21)32(4)16-17-33;1-2/h6-7,10-11,14-15,18-19,21,24,33H,5,8-9,12-13,16-17H2,1-4H3;1-2H3/b26-20+,31-27?;. The number of aliphatic hydroxyl groups excluding tert-OH is 1. The Morgan fingerprint density at radius 1 is 1.14 bits per heavy atom. The van der Waals surface area contributed by atoms with Crippen molar-refractivity contribution in [3.8, 4) is 0 Å². The molecule has 1 N–H and O–H groups in total. The number of hydrogen-bond donors (Lipinski definition) is 1.